The second-order valence-electron chi connectivity index (χ2n) is 6.45. The highest BCUT2D eigenvalue weighted by atomic mass is 15.0. The summed E-state index contributed by atoms with van der Waals surface area (Å²) in [6.45, 7) is 13.2. The molecule has 1 aliphatic heterocycles. The second kappa shape index (κ2) is 3.74. The zero-order valence-electron chi connectivity index (χ0n) is 10.7. The van der Waals surface area contributed by atoms with Gasteiger partial charge in [0, 0.05) is 12.6 Å². The molecule has 2 N–H and O–H groups in total. The zero-order valence-corrected chi connectivity index (χ0v) is 10.7. The van der Waals surface area contributed by atoms with Crippen molar-refractivity contribution in [3.05, 3.63) is 0 Å². The van der Waals surface area contributed by atoms with Crippen molar-refractivity contribution < 1.29 is 0 Å². The molecule has 2 rings (SSSR count). The molecule has 1 aliphatic carbocycles. The minimum atomic E-state index is 0.530. The van der Waals surface area contributed by atoms with Crippen LogP contribution in [0.25, 0.3) is 0 Å². The van der Waals surface area contributed by atoms with Crippen molar-refractivity contribution in [3.63, 3.8) is 0 Å². The van der Waals surface area contributed by atoms with Crippen LogP contribution in [0.4, 0.5) is 0 Å². The summed E-state index contributed by atoms with van der Waals surface area (Å²) < 4.78 is 0. The third kappa shape index (κ3) is 1.94. The number of rotatable bonds is 3. The van der Waals surface area contributed by atoms with E-state index in [0.717, 1.165) is 12.5 Å². The van der Waals surface area contributed by atoms with Crippen molar-refractivity contribution in [1.29, 1.82) is 0 Å². The topological polar surface area (TPSA) is 24.1 Å². The first-order chi connectivity index (χ1) is 6.96. The van der Waals surface area contributed by atoms with E-state index in [4.69, 9.17) is 0 Å². The number of hydrogen-bond acceptors (Lipinski definition) is 2. The lowest BCUT2D eigenvalue weighted by Gasteiger charge is -2.24. The maximum Gasteiger partial charge on any atom is 0.0193 e. The van der Waals surface area contributed by atoms with Gasteiger partial charge >= 0.3 is 0 Å². The molecule has 0 radical (unpaired) electrons. The number of nitrogens with one attached hydrogen (secondary N) is 2. The molecule has 0 aromatic carbocycles. The first-order valence-corrected chi connectivity index (χ1v) is 6.40. The summed E-state index contributed by atoms with van der Waals surface area (Å²) in [4.78, 5) is 0. The Morgan fingerprint density at radius 3 is 2.33 bits per heavy atom. The number of hydrogen-bond donors (Lipinski definition) is 2. The smallest absolute Gasteiger partial charge is 0.0193 e. The third-order valence-corrected chi connectivity index (χ3v) is 5.23. The molecule has 2 fully saturated rings. The van der Waals surface area contributed by atoms with Gasteiger partial charge in [-0.25, -0.2) is 0 Å². The molecule has 1 saturated carbocycles. The van der Waals surface area contributed by atoms with Gasteiger partial charge in [-0.15, -0.1) is 0 Å². The summed E-state index contributed by atoms with van der Waals surface area (Å²) in [7, 11) is 0. The molecule has 2 heteroatoms. The van der Waals surface area contributed by atoms with Gasteiger partial charge in [-0.2, -0.15) is 0 Å². The van der Waals surface area contributed by atoms with E-state index < -0.39 is 0 Å². The Morgan fingerprint density at radius 2 is 1.87 bits per heavy atom. The van der Waals surface area contributed by atoms with E-state index >= 15 is 0 Å². The van der Waals surface area contributed by atoms with Crippen LogP contribution >= 0.6 is 0 Å². The van der Waals surface area contributed by atoms with Gasteiger partial charge in [0.1, 0.15) is 0 Å². The Balaban J connectivity index is 1.75. The maximum atomic E-state index is 3.73. The van der Waals surface area contributed by atoms with Crippen LogP contribution in [-0.2, 0) is 0 Å². The lowest BCUT2D eigenvalue weighted by atomic mass is 10.0. The normalized spacial score (nSPS) is 34.0. The zero-order chi connectivity index (χ0) is 11.1. The van der Waals surface area contributed by atoms with Gasteiger partial charge in [0.2, 0.25) is 0 Å². The van der Waals surface area contributed by atoms with Crippen molar-refractivity contribution in [2.75, 3.05) is 19.6 Å². The minimum Gasteiger partial charge on any atom is -0.315 e. The van der Waals surface area contributed by atoms with Crippen LogP contribution in [0, 0.1) is 16.7 Å². The van der Waals surface area contributed by atoms with Gasteiger partial charge in [-0.05, 0) is 42.7 Å². The van der Waals surface area contributed by atoms with Crippen LogP contribution in [0.2, 0.25) is 0 Å². The third-order valence-electron chi connectivity index (χ3n) is 5.23. The van der Waals surface area contributed by atoms with Crippen molar-refractivity contribution in [3.8, 4) is 0 Å². The van der Waals surface area contributed by atoms with Crippen LogP contribution in [0.3, 0.4) is 0 Å². The predicted octanol–water partition coefficient (Wildman–Crippen LogP) is 2.01. The standard InChI is InChI=1S/C13H26N2/c1-12(2)11(13(12,3)4)9-15-10-6-5-7-14-8-10/h10-11,14-15H,5-9H2,1-4H3. The summed E-state index contributed by atoms with van der Waals surface area (Å²) in [5.41, 5.74) is 1.06. The molecule has 0 amide bonds. The van der Waals surface area contributed by atoms with Crippen LogP contribution in [0.15, 0.2) is 0 Å². The highest BCUT2D eigenvalue weighted by molar-refractivity contribution is 5.13. The molecular weight excluding hydrogens is 184 g/mol. The van der Waals surface area contributed by atoms with Gasteiger partial charge in [0.25, 0.3) is 0 Å². The molecule has 1 unspecified atom stereocenters. The van der Waals surface area contributed by atoms with Crippen molar-refractivity contribution in [1.82, 2.24) is 10.6 Å². The molecular formula is C13H26N2. The summed E-state index contributed by atoms with van der Waals surface area (Å²) in [5, 5.41) is 7.19. The SMILES string of the molecule is CC1(C)C(CNC2CCCNC2)C1(C)C. The summed E-state index contributed by atoms with van der Waals surface area (Å²) in [6.07, 6.45) is 2.68. The van der Waals surface area contributed by atoms with Crippen LogP contribution < -0.4 is 10.6 Å². The Labute approximate surface area is 94.2 Å². The van der Waals surface area contributed by atoms with E-state index in [1.165, 1.54) is 25.9 Å². The molecule has 15 heavy (non-hydrogen) atoms. The van der Waals surface area contributed by atoms with Crippen molar-refractivity contribution in [2.45, 2.75) is 46.6 Å². The van der Waals surface area contributed by atoms with E-state index in [2.05, 4.69) is 38.3 Å². The molecule has 1 atom stereocenters. The first-order valence-electron chi connectivity index (χ1n) is 6.40. The second-order valence-corrected chi connectivity index (χ2v) is 6.45. The molecule has 0 bridgehead atoms. The van der Waals surface area contributed by atoms with Crippen LogP contribution in [-0.4, -0.2) is 25.7 Å². The molecule has 0 spiro atoms. The minimum absolute atomic E-state index is 0.530. The molecule has 0 aromatic rings. The fraction of sp³-hybridized carbons (Fsp3) is 1.00. The lowest BCUT2D eigenvalue weighted by molar-refractivity contribution is 0.373. The van der Waals surface area contributed by atoms with E-state index in [1.54, 1.807) is 0 Å². The van der Waals surface area contributed by atoms with E-state index in [1.807, 2.05) is 0 Å². The Hall–Kier alpha value is -0.0800. The van der Waals surface area contributed by atoms with Gasteiger partial charge in [-0.3, -0.25) is 0 Å². The van der Waals surface area contributed by atoms with E-state index in [9.17, 15) is 0 Å². The molecule has 88 valence electrons. The highest BCUT2D eigenvalue weighted by Gasteiger charge is 2.63. The lowest BCUT2D eigenvalue weighted by Crippen LogP contribution is -2.44. The molecule has 2 aliphatic rings. The quantitative estimate of drug-likeness (QED) is 0.744. The largest absolute Gasteiger partial charge is 0.315 e. The van der Waals surface area contributed by atoms with Crippen LogP contribution in [0.1, 0.15) is 40.5 Å². The Morgan fingerprint density at radius 1 is 1.20 bits per heavy atom. The Kier molecular flexibility index (Phi) is 2.85. The Bertz CT molecular complexity index is 213. The monoisotopic (exact) mass is 210 g/mol. The van der Waals surface area contributed by atoms with Crippen molar-refractivity contribution in [2.24, 2.45) is 16.7 Å². The molecule has 2 nitrogen and oxygen atoms in total. The van der Waals surface area contributed by atoms with Gasteiger partial charge in [0.05, 0.1) is 0 Å². The van der Waals surface area contributed by atoms with E-state index in [-0.39, 0.29) is 0 Å². The van der Waals surface area contributed by atoms with Gasteiger partial charge in [0.15, 0.2) is 0 Å². The predicted molar refractivity (Wildman–Crippen MR) is 64.9 cm³/mol. The average molecular weight is 210 g/mol. The first kappa shape index (κ1) is 11.4. The fourth-order valence-corrected chi connectivity index (χ4v) is 3.15. The molecule has 0 aromatic heterocycles. The summed E-state index contributed by atoms with van der Waals surface area (Å²) >= 11 is 0. The molecule has 1 heterocycles. The summed E-state index contributed by atoms with van der Waals surface area (Å²) in [6, 6.07) is 0.714. The van der Waals surface area contributed by atoms with Crippen LogP contribution in [0.5, 0.6) is 0 Å². The average Bonchev–Trinajstić information content (AvgIpc) is 2.57. The van der Waals surface area contributed by atoms with E-state index in [0.29, 0.717) is 16.9 Å². The number of piperidine rings is 1. The van der Waals surface area contributed by atoms with Gasteiger partial charge in [-0.1, -0.05) is 27.7 Å². The van der Waals surface area contributed by atoms with Crippen molar-refractivity contribution >= 4 is 0 Å². The van der Waals surface area contributed by atoms with Gasteiger partial charge < -0.3 is 10.6 Å². The summed E-state index contributed by atoms with van der Waals surface area (Å²) in [5.74, 6) is 0.854. The highest BCUT2D eigenvalue weighted by Crippen LogP contribution is 2.67. The maximum absolute atomic E-state index is 3.73. The fourth-order valence-electron chi connectivity index (χ4n) is 3.15. The molecule has 1 saturated heterocycles.